The van der Waals surface area contributed by atoms with Crippen LogP contribution >= 0.6 is 0 Å². The van der Waals surface area contributed by atoms with Crippen LogP contribution in [-0.4, -0.2) is 27.7 Å². The minimum absolute atomic E-state index is 0.212. The van der Waals surface area contributed by atoms with Crippen molar-refractivity contribution < 1.29 is 9.50 Å². The highest BCUT2D eigenvalue weighted by atomic mass is 19.1. The summed E-state index contributed by atoms with van der Waals surface area (Å²) in [5, 5.41) is 11.4. The van der Waals surface area contributed by atoms with Crippen molar-refractivity contribution in [3.05, 3.63) is 71.0 Å². The monoisotopic (exact) mass is 353 g/mol. The van der Waals surface area contributed by atoms with E-state index in [-0.39, 0.29) is 5.82 Å². The quantitative estimate of drug-likeness (QED) is 0.867. The van der Waals surface area contributed by atoms with Crippen LogP contribution in [0.4, 0.5) is 4.39 Å². The average Bonchev–Trinajstić information content (AvgIpc) is 2.60. The molecule has 2 saturated heterocycles. The van der Waals surface area contributed by atoms with Crippen LogP contribution < -0.4 is 0 Å². The third kappa shape index (κ3) is 3.70. The van der Waals surface area contributed by atoms with E-state index in [9.17, 15) is 9.50 Å². The number of fused-ring (bicyclic) bond motifs is 2. The van der Waals surface area contributed by atoms with Gasteiger partial charge in [-0.3, -0.25) is 4.90 Å². The number of hydrogen-bond donors (Lipinski definition) is 1. The largest absolute Gasteiger partial charge is 0.389 e. The maximum atomic E-state index is 13.7. The first-order chi connectivity index (χ1) is 12.5. The SMILES string of the molecule is Cc1ccc(F)cc1CC1(O)CC2CCCC(C1)N2Cc1ccccc1. The normalized spacial score (nSPS) is 28.9. The van der Waals surface area contributed by atoms with Crippen LogP contribution in [-0.2, 0) is 13.0 Å². The Morgan fingerprint density at radius 1 is 1.08 bits per heavy atom. The lowest BCUT2D eigenvalue weighted by molar-refractivity contribution is -0.0947. The number of benzene rings is 2. The summed E-state index contributed by atoms with van der Waals surface area (Å²) in [5.41, 5.74) is 2.64. The smallest absolute Gasteiger partial charge is 0.123 e. The fraction of sp³-hybridized carbons (Fsp3) is 0.478. The standard InChI is InChI=1S/C23H28FNO/c1-17-10-11-20(24)12-19(17)13-23(26)14-21-8-5-9-22(15-23)25(21)16-18-6-3-2-4-7-18/h2-4,6-7,10-12,21-22,26H,5,8-9,13-16H2,1H3. The number of piperidine rings is 2. The fourth-order valence-electron chi connectivity index (χ4n) is 5.00. The minimum Gasteiger partial charge on any atom is -0.389 e. The second-order valence-corrected chi connectivity index (χ2v) is 8.28. The van der Waals surface area contributed by atoms with Gasteiger partial charge < -0.3 is 5.11 Å². The van der Waals surface area contributed by atoms with Gasteiger partial charge in [-0.2, -0.15) is 0 Å². The summed E-state index contributed by atoms with van der Waals surface area (Å²) >= 11 is 0. The highest BCUT2D eigenvalue weighted by molar-refractivity contribution is 5.28. The van der Waals surface area contributed by atoms with Gasteiger partial charge in [0.2, 0.25) is 0 Å². The number of hydrogen-bond acceptors (Lipinski definition) is 2. The fourth-order valence-corrected chi connectivity index (χ4v) is 5.00. The number of rotatable bonds is 4. The van der Waals surface area contributed by atoms with Gasteiger partial charge in [-0.05, 0) is 61.4 Å². The molecule has 2 heterocycles. The molecule has 2 atom stereocenters. The van der Waals surface area contributed by atoms with Crippen LogP contribution in [0, 0.1) is 12.7 Å². The van der Waals surface area contributed by atoms with Crippen molar-refractivity contribution in [1.82, 2.24) is 4.90 Å². The molecule has 2 aliphatic heterocycles. The van der Waals surface area contributed by atoms with E-state index in [0.29, 0.717) is 18.5 Å². The molecule has 0 radical (unpaired) electrons. The Morgan fingerprint density at radius 2 is 1.77 bits per heavy atom. The van der Waals surface area contributed by atoms with Crippen LogP contribution in [0.2, 0.25) is 0 Å². The van der Waals surface area contributed by atoms with E-state index in [1.165, 1.54) is 18.1 Å². The molecule has 0 aliphatic carbocycles. The lowest BCUT2D eigenvalue weighted by Gasteiger charge is -2.52. The lowest BCUT2D eigenvalue weighted by atomic mass is 9.72. The van der Waals surface area contributed by atoms with Gasteiger partial charge in [-0.1, -0.05) is 42.8 Å². The molecule has 0 spiro atoms. The first-order valence-corrected chi connectivity index (χ1v) is 9.79. The lowest BCUT2D eigenvalue weighted by Crippen LogP contribution is -2.58. The molecular weight excluding hydrogens is 325 g/mol. The topological polar surface area (TPSA) is 23.5 Å². The Hall–Kier alpha value is -1.71. The molecule has 2 aromatic rings. The van der Waals surface area contributed by atoms with Gasteiger partial charge in [0.15, 0.2) is 0 Å². The Bertz CT molecular complexity index is 746. The molecule has 0 saturated carbocycles. The minimum atomic E-state index is -0.721. The van der Waals surface area contributed by atoms with Gasteiger partial charge in [0.05, 0.1) is 5.60 Å². The number of aryl methyl sites for hydroxylation is 1. The molecule has 138 valence electrons. The van der Waals surface area contributed by atoms with E-state index in [4.69, 9.17) is 0 Å². The molecule has 2 aliphatic rings. The average molecular weight is 353 g/mol. The molecule has 1 N–H and O–H groups in total. The van der Waals surface area contributed by atoms with Crippen LogP contribution in [0.1, 0.15) is 48.8 Å². The van der Waals surface area contributed by atoms with Gasteiger partial charge in [0, 0.05) is 25.0 Å². The predicted molar refractivity (Wildman–Crippen MR) is 102 cm³/mol. The van der Waals surface area contributed by atoms with Crippen molar-refractivity contribution in [2.45, 2.75) is 69.7 Å². The van der Waals surface area contributed by atoms with Gasteiger partial charge in [0.1, 0.15) is 5.82 Å². The number of aliphatic hydroxyl groups is 1. The maximum absolute atomic E-state index is 13.7. The summed E-state index contributed by atoms with van der Waals surface area (Å²) in [6, 6.07) is 16.4. The molecule has 2 aromatic carbocycles. The molecule has 0 amide bonds. The van der Waals surface area contributed by atoms with Crippen molar-refractivity contribution in [3.63, 3.8) is 0 Å². The van der Waals surface area contributed by atoms with Gasteiger partial charge in [-0.25, -0.2) is 4.39 Å². The van der Waals surface area contributed by atoms with Crippen molar-refractivity contribution in [3.8, 4) is 0 Å². The second kappa shape index (κ2) is 7.13. The molecule has 2 unspecified atom stereocenters. The van der Waals surface area contributed by atoms with Crippen LogP contribution in [0.25, 0.3) is 0 Å². The molecule has 3 heteroatoms. The Morgan fingerprint density at radius 3 is 2.46 bits per heavy atom. The van der Waals surface area contributed by atoms with Crippen molar-refractivity contribution in [1.29, 1.82) is 0 Å². The summed E-state index contributed by atoms with van der Waals surface area (Å²) in [6.07, 6.45) is 5.67. The number of nitrogens with zero attached hydrogens (tertiary/aromatic N) is 1. The van der Waals surface area contributed by atoms with E-state index in [1.807, 2.05) is 13.0 Å². The highest BCUT2D eigenvalue weighted by Gasteiger charge is 2.45. The molecule has 2 fully saturated rings. The third-order valence-corrected chi connectivity index (χ3v) is 6.28. The molecule has 2 nitrogen and oxygen atoms in total. The van der Waals surface area contributed by atoms with E-state index in [1.54, 1.807) is 6.07 Å². The van der Waals surface area contributed by atoms with E-state index in [0.717, 1.165) is 43.4 Å². The van der Waals surface area contributed by atoms with Crippen molar-refractivity contribution in [2.75, 3.05) is 0 Å². The zero-order valence-corrected chi connectivity index (χ0v) is 15.5. The van der Waals surface area contributed by atoms with Crippen LogP contribution in [0.3, 0.4) is 0 Å². The first-order valence-electron chi connectivity index (χ1n) is 9.79. The van der Waals surface area contributed by atoms with Crippen molar-refractivity contribution in [2.24, 2.45) is 0 Å². The number of halogens is 1. The van der Waals surface area contributed by atoms with Gasteiger partial charge in [-0.15, -0.1) is 0 Å². The summed E-state index contributed by atoms with van der Waals surface area (Å²) in [7, 11) is 0. The molecule has 26 heavy (non-hydrogen) atoms. The highest BCUT2D eigenvalue weighted by Crippen LogP contribution is 2.41. The third-order valence-electron chi connectivity index (χ3n) is 6.28. The Kier molecular flexibility index (Phi) is 4.85. The van der Waals surface area contributed by atoms with Crippen molar-refractivity contribution >= 4 is 0 Å². The molecule has 0 aromatic heterocycles. The maximum Gasteiger partial charge on any atom is 0.123 e. The summed E-state index contributed by atoms with van der Waals surface area (Å²) < 4.78 is 13.7. The summed E-state index contributed by atoms with van der Waals surface area (Å²) in [5.74, 6) is -0.212. The van der Waals surface area contributed by atoms with Crippen LogP contribution in [0.5, 0.6) is 0 Å². The second-order valence-electron chi connectivity index (χ2n) is 8.28. The summed E-state index contributed by atoms with van der Waals surface area (Å²) in [6.45, 7) is 2.97. The Balaban J connectivity index is 1.52. The van der Waals surface area contributed by atoms with E-state index >= 15 is 0 Å². The Labute approximate surface area is 155 Å². The zero-order valence-electron chi connectivity index (χ0n) is 15.5. The zero-order chi connectivity index (χ0) is 18.1. The van der Waals surface area contributed by atoms with Gasteiger partial charge >= 0.3 is 0 Å². The first kappa shape index (κ1) is 17.7. The van der Waals surface area contributed by atoms with E-state index in [2.05, 4.69) is 35.2 Å². The predicted octanol–water partition coefficient (Wildman–Crippen LogP) is 4.62. The van der Waals surface area contributed by atoms with E-state index < -0.39 is 5.60 Å². The van der Waals surface area contributed by atoms with Gasteiger partial charge in [0.25, 0.3) is 0 Å². The summed E-state index contributed by atoms with van der Waals surface area (Å²) in [4.78, 5) is 2.60. The molecule has 4 rings (SSSR count). The molecule has 2 bridgehead atoms. The van der Waals surface area contributed by atoms with Crippen LogP contribution in [0.15, 0.2) is 48.5 Å². The molecular formula is C23H28FNO.